The standard InChI is InChI=1S/C20H19ClN2O4S2/c1-26-15-6-3-13(4-7-15)20-22-16-9-10-23(12-18(16)28-20)29(24,25)19-11-14(21)5-8-17(19)27-2/h3-8,11H,9-10,12H2,1-2H3. The molecule has 0 fully saturated rings. The number of sulfonamides is 1. The number of halogens is 1. The summed E-state index contributed by atoms with van der Waals surface area (Å²) in [6, 6.07) is 12.3. The van der Waals surface area contributed by atoms with E-state index in [1.165, 1.54) is 28.8 Å². The topological polar surface area (TPSA) is 68.7 Å². The number of nitrogens with zero attached hydrogens (tertiary/aromatic N) is 2. The zero-order chi connectivity index (χ0) is 20.6. The zero-order valence-corrected chi connectivity index (χ0v) is 18.3. The van der Waals surface area contributed by atoms with Gasteiger partial charge in [-0.2, -0.15) is 4.31 Å². The summed E-state index contributed by atoms with van der Waals surface area (Å²) < 4.78 is 38.4. The van der Waals surface area contributed by atoms with Crippen molar-refractivity contribution in [3.8, 4) is 22.1 Å². The Morgan fingerprint density at radius 1 is 1.10 bits per heavy atom. The van der Waals surface area contributed by atoms with Gasteiger partial charge in [0, 0.05) is 28.4 Å². The molecule has 1 aliphatic rings. The second-order valence-corrected chi connectivity index (χ2v) is 9.93. The Balaban J connectivity index is 1.63. The van der Waals surface area contributed by atoms with Crippen molar-refractivity contribution in [2.45, 2.75) is 17.9 Å². The minimum absolute atomic E-state index is 0.0795. The molecule has 0 N–H and O–H groups in total. The normalized spacial score (nSPS) is 14.4. The number of hydrogen-bond acceptors (Lipinski definition) is 6. The van der Waals surface area contributed by atoms with Crippen LogP contribution in [0.2, 0.25) is 5.02 Å². The number of aromatic nitrogens is 1. The molecule has 0 saturated heterocycles. The average molecular weight is 451 g/mol. The zero-order valence-electron chi connectivity index (χ0n) is 15.9. The number of hydrogen-bond donors (Lipinski definition) is 0. The molecule has 3 aromatic rings. The summed E-state index contributed by atoms with van der Waals surface area (Å²) in [5.41, 5.74) is 1.93. The van der Waals surface area contributed by atoms with Crippen LogP contribution in [-0.4, -0.2) is 38.5 Å². The fourth-order valence-electron chi connectivity index (χ4n) is 3.23. The molecule has 0 atom stereocenters. The first kappa shape index (κ1) is 20.2. The quantitative estimate of drug-likeness (QED) is 0.582. The predicted molar refractivity (Wildman–Crippen MR) is 113 cm³/mol. The lowest BCUT2D eigenvalue weighted by atomic mass is 10.2. The Morgan fingerprint density at radius 3 is 2.55 bits per heavy atom. The molecule has 0 unspecified atom stereocenters. The molecule has 1 aliphatic heterocycles. The lowest BCUT2D eigenvalue weighted by Crippen LogP contribution is -2.35. The molecular formula is C20H19ClN2O4S2. The second kappa shape index (κ2) is 7.95. The summed E-state index contributed by atoms with van der Waals surface area (Å²) in [6.07, 6.45) is 0.560. The van der Waals surface area contributed by atoms with Crippen molar-refractivity contribution in [3.05, 3.63) is 58.1 Å². The third-order valence-electron chi connectivity index (χ3n) is 4.78. The van der Waals surface area contributed by atoms with Gasteiger partial charge in [0.05, 0.1) is 26.5 Å². The Hall–Kier alpha value is -2.13. The Labute approximate surface area is 178 Å². The predicted octanol–water partition coefficient (Wildman–Crippen LogP) is 4.23. The van der Waals surface area contributed by atoms with Crippen LogP contribution in [0.5, 0.6) is 11.5 Å². The molecule has 0 spiro atoms. The van der Waals surface area contributed by atoms with Crippen LogP contribution in [0, 0.1) is 0 Å². The Bertz CT molecular complexity index is 1140. The van der Waals surface area contributed by atoms with Crippen LogP contribution in [0.25, 0.3) is 10.6 Å². The first-order valence-electron chi connectivity index (χ1n) is 8.89. The molecular weight excluding hydrogens is 432 g/mol. The van der Waals surface area contributed by atoms with Gasteiger partial charge in [-0.3, -0.25) is 0 Å². The Morgan fingerprint density at radius 2 is 1.86 bits per heavy atom. The van der Waals surface area contributed by atoms with Gasteiger partial charge >= 0.3 is 0 Å². The van der Waals surface area contributed by atoms with Crippen LogP contribution < -0.4 is 9.47 Å². The van der Waals surface area contributed by atoms with Gasteiger partial charge in [0.15, 0.2) is 0 Å². The van der Waals surface area contributed by atoms with Crippen molar-refractivity contribution >= 4 is 33.0 Å². The molecule has 2 aromatic carbocycles. The highest BCUT2D eigenvalue weighted by Gasteiger charge is 2.32. The number of methoxy groups -OCH3 is 2. The molecule has 0 radical (unpaired) electrons. The third-order valence-corrected chi connectivity index (χ3v) is 8.01. The van der Waals surface area contributed by atoms with E-state index in [9.17, 15) is 8.42 Å². The van der Waals surface area contributed by atoms with E-state index in [4.69, 9.17) is 26.1 Å². The van der Waals surface area contributed by atoms with Gasteiger partial charge in [-0.15, -0.1) is 11.3 Å². The van der Waals surface area contributed by atoms with Crippen molar-refractivity contribution in [2.24, 2.45) is 0 Å². The number of rotatable bonds is 5. The van der Waals surface area contributed by atoms with Crippen LogP contribution >= 0.6 is 22.9 Å². The summed E-state index contributed by atoms with van der Waals surface area (Å²) >= 11 is 7.55. The Kier molecular flexibility index (Phi) is 5.52. The van der Waals surface area contributed by atoms with Gasteiger partial charge in [-0.05, 0) is 42.5 Å². The van der Waals surface area contributed by atoms with Crippen LogP contribution in [-0.2, 0) is 23.0 Å². The maximum atomic E-state index is 13.2. The van der Waals surface area contributed by atoms with E-state index in [1.54, 1.807) is 19.2 Å². The lowest BCUT2D eigenvalue weighted by Gasteiger charge is -2.26. The highest BCUT2D eigenvalue weighted by atomic mass is 35.5. The first-order chi connectivity index (χ1) is 13.9. The first-order valence-corrected chi connectivity index (χ1v) is 11.5. The van der Waals surface area contributed by atoms with E-state index >= 15 is 0 Å². The number of ether oxygens (including phenoxy) is 2. The summed E-state index contributed by atoms with van der Waals surface area (Å²) in [5.74, 6) is 1.06. The summed E-state index contributed by atoms with van der Waals surface area (Å²) in [6.45, 7) is 0.637. The van der Waals surface area contributed by atoms with Gasteiger partial charge in [0.1, 0.15) is 21.4 Å². The van der Waals surface area contributed by atoms with Crippen LogP contribution in [0.3, 0.4) is 0 Å². The van der Waals surface area contributed by atoms with Gasteiger partial charge in [-0.1, -0.05) is 11.6 Å². The van der Waals surface area contributed by atoms with Gasteiger partial charge in [0.2, 0.25) is 10.0 Å². The number of benzene rings is 2. The minimum atomic E-state index is -3.75. The van der Waals surface area contributed by atoms with Crippen molar-refractivity contribution in [1.82, 2.24) is 9.29 Å². The molecule has 9 heteroatoms. The monoisotopic (exact) mass is 450 g/mol. The molecule has 29 heavy (non-hydrogen) atoms. The smallest absolute Gasteiger partial charge is 0.247 e. The van der Waals surface area contributed by atoms with Crippen molar-refractivity contribution < 1.29 is 17.9 Å². The van der Waals surface area contributed by atoms with Crippen molar-refractivity contribution in [3.63, 3.8) is 0 Å². The van der Waals surface area contributed by atoms with Crippen molar-refractivity contribution in [2.75, 3.05) is 20.8 Å². The molecule has 152 valence electrons. The van der Waals surface area contributed by atoms with Gasteiger partial charge in [0.25, 0.3) is 0 Å². The summed E-state index contributed by atoms with van der Waals surface area (Å²) in [7, 11) is -0.677. The van der Waals surface area contributed by atoms with Crippen LogP contribution in [0.1, 0.15) is 10.6 Å². The minimum Gasteiger partial charge on any atom is -0.497 e. The van der Waals surface area contributed by atoms with E-state index in [2.05, 4.69) is 0 Å². The molecule has 0 amide bonds. The fourth-order valence-corrected chi connectivity index (χ4v) is 6.26. The molecule has 1 aromatic heterocycles. The second-order valence-electron chi connectivity index (χ2n) is 6.50. The van der Waals surface area contributed by atoms with Crippen molar-refractivity contribution in [1.29, 1.82) is 0 Å². The number of thiazole rings is 1. The average Bonchev–Trinajstić information content (AvgIpc) is 3.17. The molecule has 0 saturated carbocycles. The van der Waals surface area contributed by atoms with Gasteiger partial charge < -0.3 is 9.47 Å². The fraction of sp³-hybridized carbons (Fsp3) is 0.250. The van der Waals surface area contributed by atoms with E-state index in [0.29, 0.717) is 18.0 Å². The highest BCUT2D eigenvalue weighted by Crippen LogP contribution is 2.36. The maximum Gasteiger partial charge on any atom is 0.247 e. The molecule has 6 nitrogen and oxygen atoms in total. The highest BCUT2D eigenvalue weighted by molar-refractivity contribution is 7.89. The molecule has 0 bridgehead atoms. The van der Waals surface area contributed by atoms with Crippen LogP contribution in [0.15, 0.2) is 47.4 Å². The van der Waals surface area contributed by atoms with E-state index in [-0.39, 0.29) is 17.2 Å². The summed E-state index contributed by atoms with van der Waals surface area (Å²) in [5, 5.41) is 1.22. The molecule has 4 rings (SSSR count). The lowest BCUT2D eigenvalue weighted by molar-refractivity contribution is 0.379. The van der Waals surface area contributed by atoms with Crippen LogP contribution in [0.4, 0.5) is 0 Å². The van der Waals surface area contributed by atoms with E-state index < -0.39 is 10.0 Å². The molecule has 0 aliphatic carbocycles. The maximum absolute atomic E-state index is 13.2. The number of fused-ring (bicyclic) bond motifs is 1. The molecule has 2 heterocycles. The van der Waals surface area contributed by atoms with E-state index in [0.717, 1.165) is 26.9 Å². The van der Waals surface area contributed by atoms with Gasteiger partial charge in [-0.25, -0.2) is 13.4 Å². The summed E-state index contributed by atoms with van der Waals surface area (Å²) in [4.78, 5) is 5.75. The van der Waals surface area contributed by atoms with E-state index in [1.807, 2.05) is 24.3 Å². The largest absolute Gasteiger partial charge is 0.497 e. The SMILES string of the molecule is COc1ccc(-c2nc3c(s2)CN(S(=O)(=O)c2cc(Cl)ccc2OC)CC3)cc1. The third kappa shape index (κ3) is 3.85.